The molecule has 6 heteroatoms. The number of aromatic nitrogens is 1. The van der Waals surface area contributed by atoms with E-state index in [1.165, 1.54) is 12.3 Å². The first-order valence-electron chi connectivity index (χ1n) is 4.57. The van der Waals surface area contributed by atoms with E-state index in [0.717, 1.165) is 0 Å². The highest BCUT2D eigenvalue weighted by Crippen LogP contribution is 2.23. The lowest BCUT2D eigenvalue weighted by Crippen LogP contribution is -2.20. The van der Waals surface area contributed by atoms with Crippen molar-refractivity contribution in [3.05, 3.63) is 22.8 Å². The molecule has 0 saturated heterocycles. The van der Waals surface area contributed by atoms with Gasteiger partial charge in [-0.1, -0.05) is 11.6 Å². The van der Waals surface area contributed by atoms with Crippen LogP contribution >= 0.6 is 11.6 Å². The fourth-order valence-corrected chi connectivity index (χ4v) is 1.39. The Hall–Kier alpha value is -1.80. The maximum atomic E-state index is 10.5. The molecule has 1 aromatic heterocycles. The molecule has 0 aromatic carbocycles. The van der Waals surface area contributed by atoms with Gasteiger partial charge in [-0.2, -0.15) is 5.26 Å². The monoisotopic (exact) mass is 239 g/mol. The second kappa shape index (κ2) is 5.33. The van der Waals surface area contributed by atoms with Crippen molar-refractivity contribution in [3.63, 3.8) is 0 Å². The molecule has 16 heavy (non-hydrogen) atoms. The summed E-state index contributed by atoms with van der Waals surface area (Å²) in [5.41, 5.74) is 0.307. The highest BCUT2D eigenvalue weighted by atomic mass is 35.5. The number of nitrogens with one attached hydrogen (secondary N) is 1. The number of hydrogen-bond acceptors (Lipinski definition) is 4. The van der Waals surface area contributed by atoms with Crippen molar-refractivity contribution < 1.29 is 9.90 Å². The number of anilines is 1. The van der Waals surface area contributed by atoms with Crippen LogP contribution < -0.4 is 5.32 Å². The molecule has 2 N–H and O–H groups in total. The van der Waals surface area contributed by atoms with Crippen molar-refractivity contribution in [1.82, 2.24) is 4.98 Å². The van der Waals surface area contributed by atoms with E-state index in [1.807, 2.05) is 6.07 Å². The smallest absolute Gasteiger partial charge is 0.305 e. The zero-order valence-corrected chi connectivity index (χ0v) is 9.32. The number of carboxylic acid groups (broad SMARTS) is 1. The van der Waals surface area contributed by atoms with Crippen LogP contribution in [0.3, 0.4) is 0 Å². The predicted octanol–water partition coefficient (Wildman–Crippen LogP) is 1.88. The van der Waals surface area contributed by atoms with Gasteiger partial charge in [0.05, 0.1) is 12.0 Å². The molecule has 0 radical (unpaired) electrons. The molecular weight excluding hydrogens is 230 g/mol. The second-order valence-electron chi connectivity index (χ2n) is 3.28. The number of pyridine rings is 1. The van der Waals surface area contributed by atoms with Crippen LogP contribution in [0.1, 0.15) is 18.9 Å². The molecule has 1 unspecified atom stereocenters. The SMILES string of the molecule is CC(CC(=O)O)Nc1nccc(C#N)c1Cl. The number of nitriles is 1. The zero-order chi connectivity index (χ0) is 12.1. The lowest BCUT2D eigenvalue weighted by molar-refractivity contribution is -0.137. The molecule has 0 fully saturated rings. The number of hydrogen-bond donors (Lipinski definition) is 2. The molecule has 5 nitrogen and oxygen atoms in total. The summed E-state index contributed by atoms with van der Waals surface area (Å²) in [7, 11) is 0. The van der Waals surface area contributed by atoms with Crippen LogP contribution in [-0.4, -0.2) is 22.1 Å². The van der Waals surface area contributed by atoms with E-state index in [2.05, 4.69) is 10.3 Å². The Balaban J connectivity index is 2.82. The van der Waals surface area contributed by atoms with Crippen molar-refractivity contribution in [3.8, 4) is 6.07 Å². The van der Waals surface area contributed by atoms with Crippen molar-refractivity contribution in [2.45, 2.75) is 19.4 Å². The minimum atomic E-state index is -0.910. The number of nitrogens with zero attached hydrogens (tertiary/aromatic N) is 2. The van der Waals surface area contributed by atoms with Gasteiger partial charge in [0.25, 0.3) is 0 Å². The van der Waals surface area contributed by atoms with Gasteiger partial charge in [0.1, 0.15) is 16.9 Å². The first-order valence-corrected chi connectivity index (χ1v) is 4.95. The Kier molecular flexibility index (Phi) is 4.09. The minimum absolute atomic E-state index is 0.0468. The van der Waals surface area contributed by atoms with Crippen molar-refractivity contribution in [2.75, 3.05) is 5.32 Å². The highest BCUT2D eigenvalue weighted by Gasteiger charge is 2.12. The zero-order valence-electron chi connectivity index (χ0n) is 8.57. The summed E-state index contributed by atoms with van der Waals surface area (Å²) in [6, 6.07) is 3.11. The molecule has 0 spiro atoms. The van der Waals surface area contributed by atoms with Gasteiger partial charge >= 0.3 is 5.97 Å². The number of carboxylic acids is 1. The van der Waals surface area contributed by atoms with Gasteiger partial charge in [0.15, 0.2) is 0 Å². The van der Waals surface area contributed by atoms with Gasteiger partial charge < -0.3 is 10.4 Å². The van der Waals surface area contributed by atoms with Gasteiger partial charge in [-0.05, 0) is 13.0 Å². The molecule has 0 amide bonds. The summed E-state index contributed by atoms with van der Waals surface area (Å²) in [6.07, 6.45) is 1.40. The Bertz CT molecular complexity index is 442. The first kappa shape index (κ1) is 12.3. The molecule has 1 atom stereocenters. The van der Waals surface area contributed by atoms with E-state index in [0.29, 0.717) is 11.4 Å². The standard InChI is InChI=1S/C10H10ClN3O2/c1-6(4-8(15)16)14-10-9(11)7(5-12)2-3-13-10/h2-3,6H,4H2,1H3,(H,13,14)(H,15,16). The number of rotatable bonds is 4. The van der Waals surface area contributed by atoms with Gasteiger partial charge in [-0.25, -0.2) is 4.98 Å². The second-order valence-corrected chi connectivity index (χ2v) is 3.65. The fourth-order valence-electron chi connectivity index (χ4n) is 1.18. The molecule has 0 saturated carbocycles. The highest BCUT2D eigenvalue weighted by molar-refractivity contribution is 6.34. The van der Waals surface area contributed by atoms with Crippen LogP contribution in [0.5, 0.6) is 0 Å². The number of aliphatic carboxylic acids is 1. The van der Waals surface area contributed by atoms with E-state index in [-0.39, 0.29) is 17.5 Å². The van der Waals surface area contributed by atoms with Crippen molar-refractivity contribution in [1.29, 1.82) is 5.26 Å². The maximum absolute atomic E-state index is 10.5. The summed E-state index contributed by atoms with van der Waals surface area (Å²) >= 11 is 5.89. The van der Waals surface area contributed by atoms with Gasteiger partial charge in [0, 0.05) is 12.2 Å². The molecular formula is C10H10ClN3O2. The molecule has 1 rings (SSSR count). The molecule has 84 valence electrons. The Morgan fingerprint density at radius 1 is 1.81 bits per heavy atom. The van der Waals surface area contributed by atoms with Crippen LogP contribution in [0, 0.1) is 11.3 Å². The lowest BCUT2D eigenvalue weighted by atomic mass is 10.2. The Morgan fingerprint density at radius 3 is 3.06 bits per heavy atom. The molecule has 0 aliphatic rings. The van der Waals surface area contributed by atoms with Crippen LogP contribution in [0.25, 0.3) is 0 Å². The maximum Gasteiger partial charge on any atom is 0.305 e. The number of halogens is 1. The van der Waals surface area contributed by atoms with E-state index in [9.17, 15) is 4.79 Å². The van der Waals surface area contributed by atoms with Gasteiger partial charge in [-0.15, -0.1) is 0 Å². The largest absolute Gasteiger partial charge is 0.481 e. The third kappa shape index (κ3) is 3.11. The average Bonchev–Trinajstić information content (AvgIpc) is 2.20. The van der Waals surface area contributed by atoms with E-state index >= 15 is 0 Å². The molecule has 0 bridgehead atoms. The Labute approximate surface area is 97.7 Å². The van der Waals surface area contributed by atoms with Gasteiger partial charge in [0.2, 0.25) is 0 Å². The molecule has 1 heterocycles. The summed E-state index contributed by atoms with van der Waals surface area (Å²) in [5, 5.41) is 20.4. The van der Waals surface area contributed by atoms with E-state index in [1.54, 1.807) is 6.92 Å². The Morgan fingerprint density at radius 2 is 2.50 bits per heavy atom. The summed E-state index contributed by atoms with van der Waals surface area (Å²) in [4.78, 5) is 14.4. The molecule has 1 aromatic rings. The minimum Gasteiger partial charge on any atom is -0.481 e. The van der Waals surface area contributed by atoms with Crippen molar-refractivity contribution >= 4 is 23.4 Å². The lowest BCUT2D eigenvalue weighted by Gasteiger charge is -2.13. The van der Waals surface area contributed by atoms with Crippen LogP contribution in [0.15, 0.2) is 12.3 Å². The van der Waals surface area contributed by atoms with Crippen molar-refractivity contribution in [2.24, 2.45) is 0 Å². The number of carbonyl (C=O) groups is 1. The summed E-state index contributed by atoms with van der Waals surface area (Å²) in [5.74, 6) is -0.581. The molecule has 0 aliphatic heterocycles. The van der Waals surface area contributed by atoms with E-state index in [4.69, 9.17) is 22.0 Å². The van der Waals surface area contributed by atoms with Crippen LogP contribution in [0.4, 0.5) is 5.82 Å². The first-order chi connectivity index (χ1) is 7.54. The van der Waals surface area contributed by atoms with Crippen LogP contribution in [-0.2, 0) is 4.79 Å². The average molecular weight is 240 g/mol. The normalized spacial score (nSPS) is 11.6. The predicted molar refractivity (Wildman–Crippen MR) is 59.3 cm³/mol. The third-order valence-electron chi connectivity index (χ3n) is 1.87. The van der Waals surface area contributed by atoms with Gasteiger partial charge in [-0.3, -0.25) is 4.79 Å². The van der Waals surface area contributed by atoms with E-state index < -0.39 is 5.97 Å². The topological polar surface area (TPSA) is 86.0 Å². The fraction of sp³-hybridized carbons (Fsp3) is 0.300. The quantitative estimate of drug-likeness (QED) is 0.838. The molecule has 0 aliphatic carbocycles. The summed E-state index contributed by atoms with van der Waals surface area (Å²) in [6.45, 7) is 1.70. The third-order valence-corrected chi connectivity index (χ3v) is 2.26. The summed E-state index contributed by atoms with van der Waals surface area (Å²) < 4.78 is 0. The van der Waals surface area contributed by atoms with Crippen LogP contribution in [0.2, 0.25) is 5.02 Å².